The number of nitro groups is 1. The molecule has 2 aromatic rings. The quantitative estimate of drug-likeness (QED) is 0.436. The fourth-order valence-electron chi connectivity index (χ4n) is 1.60. The van der Waals surface area contributed by atoms with Gasteiger partial charge in [-0.05, 0) is 46.9 Å². The highest BCUT2D eigenvalue weighted by Gasteiger charge is 2.17. The Hall–Kier alpha value is -1.48. The molecule has 0 saturated carbocycles. The van der Waals surface area contributed by atoms with Gasteiger partial charge in [-0.15, -0.1) is 0 Å². The topological polar surface area (TPSA) is 72.2 Å². The first kappa shape index (κ1) is 14.9. The molecule has 0 fully saturated rings. The number of nitro benzene ring substituents is 1. The number of hydrogen-bond acceptors (Lipinski definition) is 3. The van der Waals surface area contributed by atoms with Crippen molar-refractivity contribution in [2.45, 2.75) is 0 Å². The molecule has 0 spiro atoms. The highest BCUT2D eigenvalue weighted by atomic mass is 127. The first-order valence-electron chi connectivity index (χ1n) is 5.49. The van der Waals surface area contributed by atoms with Crippen LogP contribution in [0, 0.1) is 13.7 Å². The molecule has 0 radical (unpaired) electrons. The average molecular weight is 447 g/mol. The van der Waals surface area contributed by atoms with Gasteiger partial charge in [0, 0.05) is 14.1 Å². The minimum Gasteiger partial charge on any atom is -0.316 e. The van der Waals surface area contributed by atoms with E-state index in [1.807, 2.05) is 28.7 Å². The van der Waals surface area contributed by atoms with Crippen LogP contribution in [0.5, 0.6) is 0 Å². The zero-order valence-electron chi connectivity index (χ0n) is 9.97. The summed E-state index contributed by atoms with van der Waals surface area (Å²) in [4.78, 5) is 22.6. The van der Waals surface area contributed by atoms with Crippen molar-refractivity contribution >= 4 is 55.8 Å². The molecule has 0 aliphatic carbocycles. The summed E-state index contributed by atoms with van der Waals surface area (Å²) in [5.74, 6) is -0.384. The van der Waals surface area contributed by atoms with E-state index in [1.54, 1.807) is 24.3 Å². The van der Waals surface area contributed by atoms with Gasteiger partial charge in [-0.1, -0.05) is 28.1 Å². The van der Waals surface area contributed by atoms with Crippen LogP contribution in [-0.2, 0) is 0 Å². The van der Waals surface area contributed by atoms with E-state index in [4.69, 9.17) is 0 Å². The molecule has 0 saturated heterocycles. The van der Waals surface area contributed by atoms with Crippen molar-refractivity contribution < 1.29 is 9.72 Å². The molecule has 2 aromatic carbocycles. The summed E-state index contributed by atoms with van der Waals surface area (Å²) >= 11 is 5.34. The van der Waals surface area contributed by atoms with Gasteiger partial charge in [0.1, 0.15) is 5.69 Å². The molecule has 1 amide bonds. The minimum atomic E-state index is -0.526. The third-order valence-corrected chi connectivity index (χ3v) is 3.96. The van der Waals surface area contributed by atoms with Crippen molar-refractivity contribution in [2.24, 2.45) is 0 Å². The number of nitrogens with zero attached hydrogens (tertiary/aromatic N) is 1. The van der Waals surface area contributed by atoms with E-state index in [2.05, 4.69) is 21.2 Å². The van der Waals surface area contributed by atoms with Gasteiger partial charge in [0.15, 0.2) is 0 Å². The van der Waals surface area contributed by atoms with Crippen LogP contribution in [0.2, 0.25) is 0 Å². The van der Waals surface area contributed by atoms with E-state index in [0.717, 1.165) is 8.04 Å². The molecule has 0 aromatic heterocycles. The molecular weight excluding hydrogens is 439 g/mol. The molecule has 0 aliphatic heterocycles. The van der Waals surface area contributed by atoms with Gasteiger partial charge in [-0.3, -0.25) is 14.9 Å². The van der Waals surface area contributed by atoms with Gasteiger partial charge in [-0.25, -0.2) is 0 Å². The van der Waals surface area contributed by atoms with Gasteiger partial charge in [-0.2, -0.15) is 0 Å². The molecule has 102 valence electrons. The lowest BCUT2D eigenvalue weighted by Crippen LogP contribution is -2.14. The third kappa shape index (κ3) is 3.34. The van der Waals surface area contributed by atoms with Crippen LogP contribution in [0.25, 0.3) is 0 Å². The van der Waals surface area contributed by atoms with Gasteiger partial charge in [0.25, 0.3) is 11.6 Å². The molecule has 0 aliphatic rings. The zero-order valence-corrected chi connectivity index (χ0v) is 13.7. The number of benzene rings is 2. The molecule has 2 rings (SSSR count). The lowest BCUT2D eigenvalue weighted by Gasteiger charge is -2.07. The van der Waals surface area contributed by atoms with Crippen molar-refractivity contribution in [3.05, 3.63) is 66.2 Å². The molecule has 7 heteroatoms. The van der Waals surface area contributed by atoms with Gasteiger partial charge in [0.2, 0.25) is 0 Å². The number of anilines is 1. The number of rotatable bonds is 3. The second-order valence-electron chi connectivity index (χ2n) is 3.85. The number of carbonyl (C=O) groups excluding carboxylic acids is 1. The average Bonchev–Trinajstić information content (AvgIpc) is 2.41. The predicted molar refractivity (Wildman–Crippen MR) is 87.9 cm³/mol. The van der Waals surface area contributed by atoms with Gasteiger partial charge in [0.05, 0.1) is 10.5 Å². The first-order valence-corrected chi connectivity index (χ1v) is 7.36. The van der Waals surface area contributed by atoms with Crippen LogP contribution in [0.4, 0.5) is 11.4 Å². The summed E-state index contributed by atoms with van der Waals surface area (Å²) in [6.45, 7) is 0. The standard InChI is InChI=1S/C13H8BrIN2O3/c14-8-5-6-10(15)9(7-8)13(18)16-11-3-1-2-4-12(11)17(19)20/h1-7H,(H,16,18). The predicted octanol–water partition coefficient (Wildman–Crippen LogP) is 4.21. The summed E-state index contributed by atoms with van der Waals surface area (Å²) in [6, 6.07) is 11.3. The molecule has 20 heavy (non-hydrogen) atoms. The van der Waals surface area contributed by atoms with E-state index < -0.39 is 4.92 Å². The Balaban J connectivity index is 2.33. The molecular formula is C13H8BrIN2O3. The smallest absolute Gasteiger partial charge is 0.292 e. The number of nitrogens with one attached hydrogen (secondary N) is 1. The van der Waals surface area contributed by atoms with E-state index in [-0.39, 0.29) is 17.3 Å². The fraction of sp³-hybridized carbons (Fsp3) is 0. The maximum Gasteiger partial charge on any atom is 0.292 e. The van der Waals surface area contributed by atoms with Crippen molar-refractivity contribution in [3.8, 4) is 0 Å². The van der Waals surface area contributed by atoms with Gasteiger partial charge < -0.3 is 5.32 Å². The van der Waals surface area contributed by atoms with Crippen LogP contribution in [0.3, 0.4) is 0 Å². The molecule has 1 N–H and O–H groups in total. The van der Waals surface area contributed by atoms with E-state index in [9.17, 15) is 14.9 Å². The molecule has 0 atom stereocenters. The number of hydrogen-bond donors (Lipinski definition) is 1. The second-order valence-corrected chi connectivity index (χ2v) is 5.93. The first-order chi connectivity index (χ1) is 9.49. The number of halogens is 2. The SMILES string of the molecule is O=C(Nc1ccccc1[N+](=O)[O-])c1cc(Br)ccc1I. The van der Waals surface area contributed by atoms with Crippen molar-refractivity contribution in [2.75, 3.05) is 5.32 Å². The van der Waals surface area contributed by atoms with Crippen molar-refractivity contribution in [3.63, 3.8) is 0 Å². The van der Waals surface area contributed by atoms with Crippen LogP contribution in [0.1, 0.15) is 10.4 Å². The van der Waals surface area contributed by atoms with Gasteiger partial charge >= 0.3 is 0 Å². The number of carbonyl (C=O) groups is 1. The Morgan fingerprint density at radius 3 is 2.65 bits per heavy atom. The third-order valence-electron chi connectivity index (χ3n) is 2.52. The monoisotopic (exact) mass is 446 g/mol. The number of amides is 1. The van der Waals surface area contributed by atoms with Crippen molar-refractivity contribution in [1.82, 2.24) is 0 Å². The van der Waals surface area contributed by atoms with E-state index in [0.29, 0.717) is 5.56 Å². The zero-order chi connectivity index (χ0) is 14.7. The summed E-state index contributed by atoms with van der Waals surface area (Å²) in [6.07, 6.45) is 0. The second kappa shape index (κ2) is 6.31. The molecule has 0 unspecified atom stereocenters. The maximum atomic E-state index is 12.2. The van der Waals surface area contributed by atoms with Crippen LogP contribution in [-0.4, -0.2) is 10.8 Å². The van der Waals surface area contributed by atoms with Crippen LogP contribution >= 0.6 is 38.5 Å². The number of para-hydroxylation sites is 2. The fourth-order valence-corrected chi connectivity index (χ4v) is 2.54. The summed E-state index contributed by atoms with van der Waals surface area (Å²) < 4.78 is 1.53. The Morgan fingerprint density at radius 1 is 1.25 bits per heavy atom. The maximum absolute atomic E-state index is 12.2. The highest BCUT2D eigenvalue weighted by Crippen LogP contribution is 2.25. The van der Waals surface area contributed by atoms with E-state index in [1.165, 1.54) is 12.1 Å². The minimum absolute atomic E-state index is 0.133. The van der Waals surface area contributed by atoms with Crippen molar-refractivity contribution in [1.29, 1.82) is 0 Å². The normalized spacial score (nSPS) is 10.1. The van der Waals surface area contributed by atoms with Crippen LogP contribution in [0.15, 0.2) is 46.9 Å². The Kier molecular flexibility index (Phi) is 4.71. The molecule has 5 nitrogen and oxygen atoms in total. The molecule has 0 bridgehead atoms. The summed E-state index contributed by atoms with van der Waals surface area (Å²) in [5, 5.41) is 13.5. The molecule has 0 heterocycles. The van der Waals surface area contributed by atoms with E-state index >= 15 is 0 Å². The summed E-state index contributed by atoms with van der Waals surface area (Å²) in [7, 11) is 0. The Bertz CT molecular complexity index is 691. The van der Waals surface area contributed by atoms with Crippen LogP contribution < -0.4 is 5.32 Å². The Morgan fingerprint density at radius 2 is 1.95 bits per heavy atom. The lowest BCUT2D eigenvalue weighted by molar-refractivity contribution is -0.383. The lowest BCUT2D eigenvalue weighted by atomic mass is 10.2. The highest BCUT2D eigenvalue weighted by molar-refractivity contribution is 14.1. The Labute approximate surface area is 136 Å². The summed E-state index contributed by atoms with van der Waals surface area (Å²) in [5.41, 5.74) is 0.502. The largest absolute Gasteiger partial charge is 0.316 e.